The van der Waals surface area contributed by atoms with E-state index in [0.717, 1.165) is 19.3 Å². The maximum Gasteiger partial charge on any atom is 0.310 e. The summed E-state index contributed by atoms with van der Waals surface area (Å²) in [5, 5.41) is 0. The Morgan fingerprint density at radius 1 is 1.43 bits per heavy atom. The summed E-state index contributed by atoms with van der Waals surface area (Å²) >= 11 is 0. The molecule has 0 heterocycles. The van der Waals surface area contributed by atoms with E-state index in [2.05, 4.69) is 47.3 Å². The van der Waals surface area contributed by atoms with Gasteiger partial charge in [-0.2, -0.15) is 0 Å². The minimum atomic E-state index is -0.0216. The maximum atomic E-state index is 12.5. The quantitative estimate of drug-likeness (QED) is 0.535. The average molecular weight is 288 g/mol. The summed E-state index contributed by atoms with van der Waals surface area (Å²) in [5.41, 5.74) is 3.93. The van der Waals surface area contributed by atoms with Crippen molar-refractivity contribution in [1.29, 1.82) is 0 Å². The SMILES string of the molecule is C=CCC1=C(C)[C@H](OC(=O)[C@@H]2[C@@H](C=C(C)C)C2(C)C)CC1. The molecular formula is C19H28O2. The van der Waals surface area contributed by atoms with Crippen LogP contribution in [0.3, 0.4) is 0 Å². The van der Waals surface area contributed by atoms with Crippen LogP contribution in [0.4, 0.5) is 0 Å². The van der Waals surface area contributed by atoms with Gasteiger partial charge < -0.3 is 4.74 Å². The van der Waals surface area contributed by atoms with Crippen molar-refractivity contribution in [3.8, 4) is 0 Å². The molecule has 0 spiro atoms. The van der Waals surface area contributed by atoms with E-state index in [1.165, 1.54) is 16.7 Å². The van der Waals surface area contributed by atoms with Crippen LogP contribution < -0.4 is 0 Å². The Balaban J connectivity index is 2.01. The Hall–Kier alpha value is -1.31. The number of esters is 1. The van der Waals surface area contributed by atoms with Crippen LogP contribution in [-0.4, -0.2) is 12.1 Å². The smallest absolute Gasteiger partial charge is 0.310 e. The van der Waals surface area contributed by atoms with Crippen LogP contribution in [0.1, 0.15) is 53.9 Å². The van der Waals surface area contributed by atoms with Gasteiger partial charge in [-0.1, -0.05) is 37.1 Å². The molecule has 0 radical (unpaired) electrons. The number of rotatable bonds is 5. The van der Waals surface area contributed by atoms with Gasteiger partial charge in [0.2, 0.25) is 0 Å². The summed E-state index contributed by atoms with van der Waals surface area (Å²) in [7, 11) is 0. The van der Waals surface area contributed by atoms with Gasteiger partial charge in [0.15, 0.2) is 0 Å². The normalized spacial score (nSPS) is 30.0. The van der Waals surface area contributed by atoms with Crippen molar-refractivity contribution in [3.05, 3.63) is 35.5 Å². The monoisotopic (exact) mass is 288 g/mol. The standard InChI is InChI=1S/C19H28O2/c1-7-8-14-9-10-16(13(14)4)21-18(20)17-15(11-12(2)3)19(17,5)6/h7,11,15-17H,1,8-10H2,2-6H3/t15-,16-,17+/m1/s1. The van der Waals surface area contributed by atoms with Crippen LogP contribution in [0.5, 0.6) is 0 Å². The van der Waals surface area contributed by atoms with Gasteiger partial charge in [0, 0.05) is 0 Å². The van der Waals surface area contributed by atoms with Gasteiger partial charge in [0.25, 0.3) is 0 Å². The fourth-order valence-electron chi connectivity index (χ4n) is 3.54. The summed E-state index contributed by atoms with van der Waals surface area (Å²) < 4.78 is 5.81. The second-order valence-electron chi connectivity index (χ2n) is 7.31. The van der Waals surface area contributed by atoms with Crippen molar-refractivity contribution in [3.63, 3.8) is 0 Å². The number of carbonyl (C=O) groups excluding carboxylic acids is 1. The third-order valence-corrected chi connectivity index (χ3v) is 5.08. The summed E-state index contributed by atoms with van der Waals surface area (Å²) in [5.74, 6) is 0.323. The molecule has 2 aliphatic rings. The summed E-state index contributed by atoms with van der Waals surface area (Å²) in [6.07, 6.45) is 7.00. The van der Waals surface area contributed by atoms with Gasteiger partial charge in [-0.15, -0.1) is 6.58 Å². The second-order valence-corrected chi connectivity index (χ2v) is 7.31. The first-order chi connectivity index (χ1) is 9.78. The van der Waals surface area contributed by atoms with Gasteiger partial charge in [0.1, 0.15) is 6.10 Å². The van der Waals surface area contributed by atoms with Crippen molar-refractivity contribution >= 4 is 5.97 Å². The zero-order valence-electron chi connectivity index (χ0n) is 14.0. The lowest BCUT2D eigenvalue weighted by atomic mass is 10.1. The molecule has 2 aliphatic carbocycles. The van der Waals surface area contributed by atoms with E-state index in [0.29, 0.717) is 5.92 Å². The van der Waals surface area contributed by atoms with E-state index in [1.807, 2.05) is 6.08 Å². The number of hydrogen-bond acceptors (Lipinski definition) is 2. The van der Waals surface area contributed by atoms with Crippen LogP contribution >= 0.6 is 0 Å². The lowest BCUT2D eigenvalue weighted by Gasteiger charge is -2.14. The van der Waals surface area contributed by atoms with Gasteiger partial charge >= 0.3 is 5.97 Å². The Morgan fingerprint density at radius 3 is 2.67 bits per heavy atom. The Morgan fingerprint density at radius 2 is 2.10 bits per heavy atom. The largest absolute Gasteiger partial charge is 0.458 e. The van der Waals surface area contributed by atoms with Crippen LogP contribution in [0.15, 0.2) is 35.5 Å². The fraction of sp³-hybridized carbons (Fsp3) is 0.632. The molecule has 0 unspecified atom stereocenters. The van der Waals surface area contributed by atoms with E-state index in [4.69, 9.17) is 4.74 Å². The van der Waals surface area contributed by atoms with Crippen molar-refractivity contribution in [1.82, 2.24) is 0 Å². The molecule has 1 saturated carbocycles. The minimum absolute atomic E-state index is 0.0173. The fourth-order valence-corrected chi connectivity index (χ4v) is 3.54. The predicted octanol–water partition coefficient (Wildman–Crippen LogP) is 4.82. The number of ether oxygens (including phenoxy) is 1. The van der Waals surface area contributed by atoms with Crippen LogP contribution in [0.25, 0.3) is 0 Å². The van der Waals surface area contributed by atoms with Crippen LogP contribution in [0.2, 0.25) is 0 Å². The van der Waals surface area contributed by atoms with E-state index >= 15 is 0 Å². The molecule has 21 heavy (non-hydrogen) atoms. The Kier molecular flexibility index (Phi) is 4.46. The highest BCUT2D eigenvalue weighted by Gasteiger charge is 2.61. The third-order valence-electron chi connectivity index (χ3n) is 5.08. The lowest BCUT2D eigenvalue weighted by molar-refractivity contribution is -0.149. The van der Waals surface area contributed by atoms with Crippen molar-refractivity contribution in [2.45, 2.75) is 60.0 Å². The van der Waals surface area contributed by atoms with Gasteiger partial charge in [-0.05, 0) is 56.9 Å². The zero-order valence-corrected chi connectivity index (χ0v) is 14.0. The van der Waals surface area contributed by atoms with Gasteiger partial charge in [0.05, 0.1) is 5.92 Å². The maximum absolute atomic E-state index is 12.5. The molecular weight excluding hydrogens is 260 g/mol. The zero-order chi connectivity index (χ0) is 15.8. The molecule has 0 aromatic heterocycles. The van der Waals surface area contributed by atoms with Crippen LogP contribution in [-0.2, 0) is 9.53 Å². The minimum Gasteiger partial charge on any atom is -0.458 e. The summed E-state index contributed by atoms with van der Waals surface area (Å²) in [6, 6.07) is 0. The molecule has 2 nitrogen and oxygen atoms in total. The third kappa shape index (κ3) is 3.14. The lowest BCUT2D eigenvalue weighted by Crippen LogP contribution is -2.20. The number of hydrogen-bond donors (Lipinski definition) is 0. The molecule has 0 aromatic rings. The molecule has 0 aliphatic heterocycles. The van der Waals surface area contributed by atoms with E-state index < -0.39 is 0 Å². The van der Waals surface area contributed by atoms with Gasteiger partial charge in [-0.3, -0.25) is 4.79 Å². The molecule has 0 N–H and O–H groups in total. The summed E-state index contributed by atoms with van der Waals surface area (Å²) in [6.45, 7) is 14.4. The molecule has 2 rings (SSSR count). The number of allylic oxidation sites excluding steroid dienone is 4. The molecule has 0 saturated heterocycles. The number of carbonyl (C=O) groups is 1. The van der Waals surface area contributed by atoms with E-state index in [1.54, 1.807) is 0 Å². The van der Waals surface area contributed by atoms with Crippen molar-refractivity contribution < 1.29 is 9.53 Å². The molecule has 3 atom stereocenters. The summed E-state index contributed by atoms with van der Waals surface area (Å²) in [4.78, 5) is 12.5. The second kappa shape index (κ2) is 5.82. The molecule has 2 heteroatoms. The van der Waals surface area contributed by atoms with Crippen molar-refractivity contribution in [2.75, 3.05) is 0 Å². The molecule has 0 aromatic carbocycles. The highest BCUT2D eigenvalue weighted by molar-refractivity contribution is 5.78. The Bertz CT molecular complexity index is 504. The first-order valence-corrected chi connectivity index (χ1v) is 7.94. The molecule has 0 amide bonds. The predicted molar refractivity (Wildman–Crippen MR) is 86.8 cm³/mol. The average Bonchev–Trinajstić information content (AvgIpc) is 2.73. The highest BCUT2D eigenvalue weighted by Crippen LogP contribution is 2.60. The first kappa shape index (κ1) is 16.1. The van der Waals surface area contributed by atoms with Crippen molar-refractivity contribution in [2.24, 2.45) is 17.3 Å². The molecule has 1 fully saturated rings. The molecule has 116 valence electrons. The first-order valence-electron chi connectivity index (χ1n) is 7.94. The molecule has 0 bridgehead atoms. The Labute approximate surface area is 129 Å². The van der Waals surface area contributed by atoms with Gasteiger partial charge in [-0.25, -0.2) is 0 Å². The van der Waals surface area contributed by atoms with E-state index in [-0.39, 0.29) is 23.4 Å². The van der Waals surface area contributed by atoms with Crippen LogP contribution in [0, 0.1) is 17.3 Å². The highest BCUT2D eigenvalue weighted by atomic mass is 16.5. The topological polar surface area (TPSA) is 26.3 Å². The van der Waals surface area contributed by atoms with E-state index in [9.17, 15) is 4.79 Å².